The Balaban J connectivity index is 1.34. The van der Waals surface area contributed by atoms with Crippen molar-refractivity contribution >= 4 is 27.6 Å². The average Bonchev–Trinajstić information content (AvgIpc) is 3.25. The third kappa shape index (κ3) is 3.71. The number of carboxylic acid groups (broad SMARTS) is 1. The van der Waals surface area contributed by atoms with E-state index in [1.54, 1.807) is 12.1 Å². The number of ether oxygens (including phenoxy) is 1. The lowest BCUT2D eigenvalue weighted by atomic mass is 9.97. The van der Waals surface area contributed by atoms with Gasteiger partial charge in [0.15, 0.2) is 0 Å². The van der Waals surface area contributed by atoms with Gasteiger partial charge >= 0.3 is 5.97 Å². The summed E-state index contributed by atoms with van der Waals surface area (Å²) in [6.07, 6.45) is 2.93. The minimum Gasteiger partial charge on any atom is -0.493 e. The van der Waals surface area contributed by atoms with E-state index >= 15 is 0 Å². The number of carboxylic acids is 1. The molecule has 158 valence electrons. The Morgan fingerprint density at radius 1 is 0.781 bits per heavy atom. The van der Waals surface area contributed by atoms with Crippen molar-refractivity contribution in [2.45, 2.75) is 13.0 Å². The molecule has 4 heteroatoms. The molecule has 0 radical (unpaired) electrons. The van der Waals surface area contributed by atoms with Crippen molar-refractivity contribution in [1.29, 1.82) is 0 Å². The van der Waals surface area contributed by atoms with E-state index in [0.717, 1.165) is 46.1 Å². The monoisotopic (exact) mass is 421 g/mol. The summed E-state index contributed by atoms with van der Waals surface area (Å²) < 4.78 is 8.29. The second-order valence-electron chi connectivity index (χ2n) is 7.78. The van der Waals surface area contributed by atoms with E-state index in [1.807, 2.05) is 48.5 Å². The number of carbonyl (C=O) groups is 1. The second kappa shape index (κ2) is 8.60. The van der Waals surface area contributed by atoms with Crippen molar-refractivity contribution in [1.82, 2.24) is 4.57 Å². The zero-order valence-electron chi connectivity index (χ0n) is 17.6. The highest BCUT2D eigenvalue weighted by molar-refractivity contribution is 6.03. The summed E-state index contributed by atoms with van der Waals surface area (Å²) >= 11 is 0. The van der Waals surface area contributed by atoms with Gasteiger partial charge in [-0.2, -0.15) is 0 Å². The van der Waals surface area contributed by atoms with Crippen molar-refractivity contribution < 1.29 is 14.6 Å². The number of aryl methyl sites for hydroxylation is 1. The third-order valence-corrected chi connectivity index (χ3v) is 5.81. The molecule has 4 nitrogen and oxygen atoms in total. The van der Waals surface area contributed by atoms with Gasteiger partial charge in [0, 0.05) is 29.0 Å². The van der Waals surface area contributed by atoms with Crippen LogP contribution in [-0.2, 0) is 6.54 Å². The van der Waals surface area contributed by atoms with Crippen LogP contribution in [0.2, 0.25) is 0 Å². The van der Waals surface area contributed by atoms with Crippen molar-refractivity contribution in [2.75, 3.05) is 6.61 Å². The lowest BCUT2D eigenvalue weighted by Crippen LogP contribution is -2.04. The Bertz CT molecular complexity index is 1410. The van der Waals surface area contributed by atoms with Gasteiger partial charge in [0.1, 0.15) is 5.75 Å². The van der Waals surface area contributed by atoms with Crippen LogP contribution < -0.4 is 4.74 Å². The fourth-order valence-corrected chi connectivity index (χ4v) is 4.30. The first-order chi connectivity index (χ1) is 15.7. The topological polar surface area (TPSA) is 51.5 Å². The fourth-order valence-electron chi connectivity index (χ4n) is 4.30. The largest absolute Gasteiger partial charge is 0.493 e. The molecule has 4 aromatic carbocycles. The van der Waals surface area contributed by atoms with Gasteiger partial charge < -0.3 is 14.4 Å². The van der Waals surface area contributed by atoms with Crippen LogP contribution in [0, 0.1) is 0 Å². The number of fused-ring (bicyclic) bond motifs is 2. The van der Waals surface area contributed by atoms with Crippen molar-refractivity contribution in [2.24, 2.45) is 0 Å². The van der Waals surface area contributed by atoms with Gasteiger partial charge in [-0.1, -0.05) is 66.7 Å². The van der Waals surface area contributed by atoms with Crippen molar-refractivity contribution in [3.05, 3.63) is 103 Å². The highest BCUT2D eigenvalue weighted by Crippen LogP contribution is 2.32. The summed E-state index contributed by atoms with van der Waals surface area (Å²) in [7, 11) is 0. The van der Waals surface area contributed by atoms with Crippen LogP contribution in [0.25, 0.3) is 32.8 Å². The molecular formula is C28H23NO3. The summed E-state index contributed by atoms with van der Waals surface area (Å²) in [5.74, 6) is -0.00403. The maximum atomic E-state index is 11.7. The predicted molar refractivity (Wildman–Crippen MR) is 128 cm³/mol. The summed E-state index contributed by atoms with van der Waals surface area (Å²) in [5, 5.41) is 12.9. The molecule has 0 aliphatic rings. The molecule has 0 atom stereocenters. The molecule has 1 aromatic heterocycles. The normalized spacial score (nSPS) is 11.1. The molecule has 0 aliphatic carbocycles. The van der Waals surface area contributed by atoms with Crippen molar-refractivity contribution in [3.63, 3.8) is 0 Å². The van der Waals surface area contributed by atoms with Crippen LogP contribution in [0.3, 0.4) is 0 Å². The average molecular weight is 421 g/mol. The summed E-state index contributed by atoms with van der Waals surface area (Å²) in [6.45, 7) is 1.44. The van der Waals surface area contributed by atoms with Gasteiger partial charge in [-0.3, -0.25) is 0 Å². The number of hydrogen-bond acceptors (Lipinski definition) is 2. The molecule has 5 rings (SSSR count). The van der Waals surface area contributed by atoms with E-state index in [2.05, 4.69) is 41.1 Å². The van der Waals surface area contributed by atoms with Gasteiger partial charge in [-0.05, 0) is 47.2 Å². The number of hydrogen-bond donors (Lipinski definition) is 1. The first-order valence-electron chi connectivity index (χ1n) is 10.7. The molecule has 0 unspecified atom stereocenters. The van der Waals surface area contributed by atoms with Crippen LogP contribution >= 0.6 is 0 Å². The Morgan fingerprint density at radius 3 is 2.44 bits per heavy atom. The van der Waals surface area contributed by atoms with Gasteiger partial charge in [-0.25, -0.2) is 4.79 Å². The van der Waals surface area contributed by atoms with Gasteiger partial charge in [0.05, 0.1) is 12.2 Å². The smallest absolute Gasteiger partial charge is 0.336 e. The number of rotatable bonds is 7. The molecule has 0 saturated carbocycles. The Morgan fingerprint density at radius 2 is 1.53 bits per heavy atom. The number of aromatic carboxylic acids is 1. The van der Waals surface area contributed by atoms with Gasteiger partial charge in [0.2, 0.25) is 0 Å². The molecule has 32 heavy (non-hydrogen) atoms. The zero-order chi connectivity index (χ0) is 21.9. The molecule has 5 aromatic rings. The Labute approximate surface area is 186 Å². The van der Waals surface area contributed by atoms with Crippen LogP contribution in [-0.4, -0.2) is 22.2 Å². The highest BCUT2D eigenvalue weighted by atomic mass is 16.5. The number of aromatic nitrogens is 1. The minimum absolute atomic E-state index is 0.316. The number of nitrogens with zero attached hydrogens (tertiary/aromatic N) is 1. The molecule has 0 aliphatic heterocycles. The molecule has 0 fully saturated rings. The third-order valence-electron chi connectivity index (χ3n) is 5.81. The number of benzene rings is 4. The van der Waals surface area contributed by atoms with Crippen LogP contribution in [0.1, 0.15) is 16.8 Å². The molecule has 1 heterocycles. The van der Waals surface area contributed by atoms with E-state index in [0.29, 0.717) is 12.2 Å². The van der Waals surface area contributed by atoms with Gasteiger partial charge in [-0.15, -0.1) is 0 Å². The second-order valence-corrected chi connectivity index (χ2v) is 7.78. The summed E-state index contributed by atoms with van der Waals surface area (Å²) in [6, 6.07) is 29.6. The molecule has 0 spiro atoms. The van der Waals surface area contributed by atoms with Crippen LogP contribution in [0.5, 0.6) is 5.75 Å². The maximum Gasteiger partial charge on any atom is 0.336 e. The lowest BCUT2D eigenvalue weighted by Gasteiger charge is -2.11. The first-order valence-corrected chi connectivity index (χ1v) is 10.7. The maximum absolute atomic E-state index is 11.7. The molecule has 0 amide bonds. The standard InChI is InChI=1S/C28H23NO3/c30-28(31)25-12-4-3-11-23(25)22-13-6-14-26-24(22)16-18-29(26)17-7-19-32-27-15-5-9-20-8-1-2-10-21(20)27/h1-6,8-16,18H,7,17,19H2,(H,30,31). The molecule has 0 bridgehead atoms. The molecule has 0 saturated heterocycles. The van der Waals surface area contributed by atoms with Gasteiger partial charge in [0.25, 0.3) is 0 Å². The highest BCUT2D eigenvalue weighted by Gasteiger charge is 2.14. The summed E-state index contributed by atoms with van der Waals surface area (Å²) in [4.78, 5) is 11.7. The molecular weight excluding hydrogens is 398 g/mol. The van der Waals surface area contributed by atoms with Crippen LogP contribution in [0.15, 0.2) is 97.2 Å². The predicted octanol–water partition coefficient (Wildman–Crippen LogP) is 6.63. The van der Waals surface area contributed by atoms with E-state index in [4.69, 9.17) is 4.74 Å². The minimum atomic E-state index is -0.914. The lowest BCUT2D eigenvalue weighted by molar-refractivity contribution is 0.0697. The van der Waals surface area contributed by atoms with Crippen LogP contribution in [0.4, 0.5) is 0 Å². The zero-order valence-corrected chi connectivity index (χ0v) is 17.6. The SMILES string of the molecule is O=C(O)c1ccccc1-c1cccc2c1ccn2CCCOc1cccc2ccccc12. The van der Waals surface area contributed by atoms with E-state index < -0.39 is 5.97 Å². The van der Waals surface area contributed by atoms with E-state index in [1.165, 1.54) is 5.39 Å². The van der Waals surface area contributed by atoms with Crippen molar-refractivity contribution in [3.8, 4) is 16.9 Å². The molecule has 1 N–H and O–H groups in total. The Hall–Kier alpha value is -4.05. The summed E-state index contributed by atoms with van der Waals surface area (Å²) in [5.41, 5.74) is 3.08. The van der Waals surface area contributed by atoms with E-state index in [-0.39, 0.29) is 0 Å². The quantitative estimate of drug-likeness (QED) is 0.300. The van der Waals surface area contributed by atoms with E-state index in [9.17, 15) is 9.90 Å². The first kappa shape index (κ1) is 19.9. The Kier molecular flexibility index (Phi) is 5.34. The fraction of sp³-hybridized carbons (Fsp3) is 0.107.